The maximum atomic E-state index is 13.4. The van der Waals surface area contributed by atoms with Crippen LogP contribution in [0.3, 0.4) is 0 Å². The smallest absolute Gasteiger partial charge is 0.370 e. The molecule has 112 valence electrons. The Bertz CT molecular complexity index is 481. The molecule has 0 radical (unpaired) electrons. The standard InChI is InChI=1S/C14H16F4O2/c1-4-20-13(8(2)3)12(19)9-5-6-10(11(15)7-9)14(16,17)18/h5-8,13H,4H2,1-3H3. The van der Waals surface area contributed by atoms with Crippen LogP contribution in [0.5, 0.6) is 0 Å². The Labute approximate surface area is 114 Å². The van der Waals surface area contributed by atoms with Gasteiger partial charge in [-0.3, -0.25) is 4.79 Å². The van der Waals surface area contributed by atoms with Crippen molar-refractivity contribution in [3.05, 3.63) is 35.1 Å². The Balaban J connectivity index is 3.09. The molecule has 0 saturated heterocycles. The summed E-state index contributed by atoms with van der Waals surface area (Å²) in [4.78, 5) is 12.1. The highest BCUT2D eigenvalue weighted by Gasteiger charge is 2.34. The minimum Gasteiger partial charge on any atom is -0.370 e. The molecular weight excluding hydrogens is 276 g/mol. The zero-order valence-corrected chi connectivity index (χ0v) is 11.4. The Morgan fingerprint density at radius 1 is 1.30 bits per heavy atom. The van der Waals surface area contributed by atoms with E-state index >= 15 is 0 Å². The molecule has 6 heteroatoms. The third kappa shape index (κ3) is 3.79. The van der Waals surface area contributed by atoms with E-state index in [0.717, 1.165) is 6.07 Å². The number of carbonyl (C=O) groups excluding carboxylic acids is 1. The molecule has 20 heavy (non-hydrogen) atoms. The molecule has 0 spiro atoms. The van der Waals surface area contributed by atoms with Crippen LogP contribution in [0.2, 0.25) is 0 Å². The number of hydrogen-bond donors (Lipinski definition) is 0. The lowest BCUT2D eigenvalue weighted by Gasteiger charge is -2.19. The highest BCUT2D eigenvalue weighted by atomic mass is 19.4. The van der Waals surface area contributed by atoms with E-state index in [9.17, 15) is 22.4 Å². The van der Waals surface area contributed by atoms with Crippen LogP contribution in [0.1, 0.15) is 36.7 Å². The second kappa shape index (κ2) is 6.35. The van der Waals surface area contributed by atoms with E-state index in [1.165, 1.54) is 0 Å². The first-order valence-corrected chi connectivity index (χ1v) is 6.21. The molecule has 1 rings (SSSR count). The topological polar surface area (TPSA) is 26.3 Å². The molecular formula is C14H16F4O2. The van der Waals surface area contributed by atoms with E-state index < -0.39 is 29.4 Å². The normalized spacial score (nSPS) is 13.6. The number of halogens is 4. The summed E-state index contributed by atoms with van der Waals surface area (Å²) in [5, 5.41) is 0. The van der Waals surface area contributed by atoms with Gasteiger partial charge in [0.2, 0.25) is 0 Å². The summed E-state index contributed by atoms with van der Waals surface area (Å²) >= 11 is 0. The van der Waals surface area contributed by atoms with Crippen molar-refractivity contribution in [3.8, 4) is 0 Å². The van der Waals surface area contributed by atoms with E-state index in [1.54, 1.807) is 20.8 Å². The van der Waals surface area contributed by atoms with Gasteiger partial charge in [-0.2, -0.15) is 13.2 Å². The molecule has 0 aliphatic heterocycles. The van der Waals surface area contributed by atoms with Crippen molar-refractivity contribution in [2.24, 2.45) is 5.92 Å². The molecule has 0 aliphatic carbocycles. The fraction of sp³-hybridized carbons (Fsp3) is 0.500. The number of ketones is 1. The lowest BCUT2D eigenvalue weighted by molar-refractivity contribution is -0.140. The van der Waals surface area contributed by atoms with Gasteiger partial charge in [0.15, 0.2) is 5.78 Å². The largest absolute Gasteiger partial charge is 0.419 e. The molecule has 0 aromatic heterocycles. The molecule has 0 fully saturated rings. The summed E-state index contributed by atoms with van der Waals surface area (Å²) in [6.07, 6.45) is -5.57. The Morgan fingerprint density at radius 3 is 2.30 bits per heavy atom. The van der Waals surface area contributed by atoms with Crippen molar-refractivity contribution in [1.82, 2.24) is 0 Å². The van der Waals surface area contributed by atoms with Crippen molar-refractivity contribution in [3.63, 3.8) is 0 Å². The molecule has 1 aromatic carbocycles. The van der Waals surface area contributed by atoms with Gasteiger partial charge in [-0.25, -0.2) is 4.39 Å². The molecule has 0 N–H and O–H groups in total. The van der Waals surface area contributed by atoms with Gasteiger partial charge in [0.05, 0.1) is 5.56 Å². The second-order valence-corrected chi connectivity index (χ2v) is 4.68. The molecule has 0 aliphatic rings. The molecule has 1 atom stereocenters. The van der Waals surface area contributed by atoms with Crippen LogP contribution < -0.4 is 0 Å². The number of alkyl halides is 3. The zero-order valence-electron chi connectivity index (χ0n) is 11.4. The number of rotatable bonds is 5. The summed E-state index contributed by atoms with van der Waals surface area (Å²) in [5.74, 6) is -2.13. The highest BCUT2D eigenvalue weighted by molar-refractivity contribution is 5.99. The van der Waals surface area contributed by atoms with Crippen LogP contribution in [0.25, 0.3) is 0 Å². The molecule has 0 heterocycles. The summed E-state index contributed by atoms with van der Waals surface area (Å²) in [6.45, 7) is 5.49. The van der Waals surface area contributed by atoms with E-state index in [1.807, 2.05) is 0 Å². The SMILES string of the molecule is CCOC(C(=O)c1ccc(C(F)(F)F)c(F)c1)C(C)C. The molecule has 2 nitrogen and oxygen atoms in total. The van der Waals surface area contributed by atoms with Crippen LogP contribution in [0.4, 0.5) is 17.6 Å². The Kier molecular flexibility index (Phi) is 5.28. The quantitative estimate of drug-likeness (QED) is 0.603. The minimum atomic E-state index is -4.77. The lowest BCUT2D eigenvalue weighted by atomic mass is 9.96. The molecule has 0 saturated carbocycles. The van der Waals surface area contributed by atoms with E-state index in [-0.39, 0.29) is 18.1 Å². The van der Waals surface area contributed by atoms with Crippen molar-refractivity contribution in [2.45, 2.75) is 33.1 Å². The molecule has 1 unspecified atom stereocenters. The van der Waals surface area contributed by atoms with Gasteiger partial charge in [0, 0.05) is 12.2 Å². The van der Waals surface area contributed by atoms with Crippen LogP contribution in [-0.2, 0) is 10.9 Å². The third-order valence-corrected chi connectivity index (χ3v) is 2.77. The predicted molar refractivity (Wildman–Crippen MR) is 66.0 cm³/mol. The van der Waals surface area contributed by atoms with Crippen molar-refractivity contribution in [1.29, 1.82) is 0 Å². The Morgan fingerprint density at radius 2 is 1.90 bits per heavy atom. The van der Waals surface area contributed by atoms with E-state index in [4.69, 9.17) is 4.74 Å². The maximum Gasteiger partial charge on any atom is 0.419 e. The number of Topliss-reactive ketones (excluding diaryl/α,β-unsaturated/α-hetero) is 1. The lowest BCUT2D eigenvalue weighted by Crippen LogP contribution is -2.30. The van der Waals surface area contributed by atoms with Gasteiger partial charge >= 0.3 is 6.18 Å². The predicted octanol–water partition coefficient (Wildman–Crippen LogP) is 4.09. The van der Waals surface area contributed by atoms with Crippen LogP contribution >= 0.6 is 0 Å². The summed E-state index contributed by atoms with van der Waals surface area (Å²) in [5.41, 5.74) is -1.51. The maximum absolute atomic E-state index is 13.4. The van der Waals surface area contributed by atoms with Gasteiger partial charge in [-0.05, 0) is 25.0 Å². The zero-order chi connectivity index (χ0) is 15.5. The van der Waals surface area contributed by atoms with Crippen LogP contribution in [0.15, 0.2) is 18.2 Å². The fourth-order valence-electron chi connectivity index (χ4n) is 1.81. The van der Waals surface area contributed by atoms with Gasteiger partial charge in [0.25, 0.3) is 0 Å². The van der Waals surface area contributed by atoms with Crippen molar-refractivity contribution >= 4 is 5.78 Å². The first-order chi connectivity index (χ1) is 9.18. The van der Waals surface area contributed by atoms with Gasteiger partial charge in [-0.15, -0.1) is 0 Å². The summed E-state index contributed by atoms with van der Waals surface area (Å²) < 4.78 is 56.0. The first-order valence-electron chi connectivity index (χ1n) is 6.21. The van der Waals surface area contributed by atoms with Gasteiger partial charge in [-0.1, -0.05) is 19.9 Å². The summed E-state index contributed by atoms with van der Waals surface area (Å²) in [6, 6.07) is 2.16. The van der Waals surface area contributed by atoms with Gasteiger partial charge in [0.1, 0.15) is 11.9 Å². The fourth-order valence-corrected chi connectivity index (χ4v) is 1.81. The number of carbonyl (C=O) groups is 1. The molecule has 0 amide bonds. The molecule has 1 aromatic rings. The third-order valence-electron chi connectivity index (χ3n) is 2.77. The average Bonchev–Trinajstić information content (AvgIpc) is 2.33. The second-order valence-electron chi connectivity index (χ2n) is 4.68. The number of ether oxygens (including phenoxy) is 1. The van der Waals surface area contributed by atoms with Crippen molar-refractivity contribution in [2.75, 3.05) is 6.61 Å². The van der Waals surface area contributed by atoms with Crippen LogP contribution in [0, 0.1) is 11.7 Å². The Hall–Kier alpha value is -1.43. The van der Waals surface area contributed by atoms with E-state index in [2.05, 4.69) is 0 Å². The minimum absolute atomic E-state index is 0.123. The first kappa shape index (κ1) is 16.6. The van der Waals surface area contributed by atoms with E-state index in [0.29, 0.717) is 12.1 Å². The highest BCUT2D eigenvalue weighted by Crippen LogP contribution is 2.32. The number of benzene rings is 1. The monoisotopic (exact) mass is 292 g/mol. The number of hydrogen-bond acceptors (Lipinski definition) is 2. The summed E-state index contributed by atoms with van der Waals surface area (Å²) in [7, 11) is 0. The average molecular weight is 292 g/mol. The van der Waals surface area contributed by atoms with Crippen LogP contribution in [-0.4, -0.2) is 18.5 Å². The van der Waals surface area contributed by atoms with Gasteiger partial charge < -0.3 is 4.74 Å². The molecule has 0 bridgehead atoms. The van der Waals surface area contributed by atoms with Crippen molar-refractivity contribution < 1.29 is 27.1 Å².